The molecule has 0 aromatic heterocycles. The summed E-state index contributed by atoms with van der Waals surface area (Å²) in [4.78, 5) is 0. The number of rotatable bonds is 5. The van der Waals surface area contributed by atoms with Crippen molar-refractivity contribution in [1.29, 1.82) is 0 Å². The maximum absolute atomic E-state index is 5.27. The van der Waals surface area contributed by atoms with E-state index < -0.39 is 0 Å². The minimum absolute atomic E-state index is 0.576. The van der Waals surface area contributed by atoms with Crippen molar-refractivity contribution in [3.63, 3.8) is 0 Å². The molecule has 1 fully saturated rings. The van der Waals surface area contributed by atoms with E-state index in [2.05, 4.69) is 60.8 Å². The normalized spacial score (nSPS) is 20.9. The van der Waals surface area contributed by atoms with Crippen LogP contribution in [-0.2, 0) is 11.3 Å². The van der Waals surface area contributed by atoms with Crippen LogP contribution in [0.3, 0.4) is 0 Å². The van der Waals surface area contributed by atoms with Crippen LogP contribution in [0, 0.1) is 6.92 Å². The molecule has 1 saturated carbocycles. The van der Waals surface area contributed by atoms with Gasteiger partial charge in [-0.3, -0.25) is 0 Å². The van der Waals surface area contributed by atoms with Gasteiger partial charge in [-0.05, 0) is 42.9 Å². The molecule has 0 aliphatic heterocycles. The highest BCUT2D eigenvalue weighted by Crippen LogP contribution is 2.40. The molecule has 1 N–H and O–H groups in total. The minimum atomic E-state index is 0.576. The maximum Gasteiger partial charge on any atom is 0.0733 e. The fourth-order valence-corrected chi connectivity index (χ4v) is 3.20. The van der Waals surface area contributed by atoms with Crippen molar-refractivity contribution in [2.24, 2.45) is 0 Å². The lowest BCUT2D eigenvalue weighted by Gasteiger charge is -2.38. The van der Waals surface area contributed by atoms with Gasteiger partial charge in [0.15, 0.2) is 0 Å². The molecule has 0 radical (unpaired) electrons. The van der Waals surface area contributed by atoms with E-state index in [0.717, 1.165) is 0 Å². The zero-order valence-electron chi connectivity index (χ0n) is 12.8. The smallest absolute Gasteiger partial charge is 0.0733 e. The van der Waals surface area contributed by atoms with Gasteiger partial charge in [-0.25, -0.2) is 0 Å². The summed E-state index contributed by atoms with van der Waals surface area (Å²) in [6.45, 7) is 2.88. The number of hydrogen-bond acceptors (Lipinski definition) is 2. The third-order valence-corrected chi connectivity index (χ3v) is 4.44. The molecule has 21 heavy (non-hydrogen) atoms. The van der Waals surface area contributed by atoms with Crippen molar-refractivity contribution < 1.29 is 4.74 Å². The molecule has 0 heterocycles. The maximum atomic E-state index is 5.27. The number of para-hydroxylation sites is 1. The van der Waals surface area contributed by atoms with Crippen molar-refractivity contribution in [2.45, 2.75) is 38.3 Å². The van der Waals surface area contributed by atoms with Crippen LogP contribution in [0.2, 0.25) is 0 Å². The highest BCUT2D eigenvalue weighted by Gasteiger charge is 2.31. The van der Waals surface area contributed by atoms with Crippen LogP contribution in [0.4, 0.5) is 5.69 Å². The number of methoxy groups -OCH3 is 1. The van der Waals surface area contributed by atoms with Crippen molar-refractivity contribution >= 4 is 5.69 Å². The van der Waals surface area contributed by atoms with Gasteiger partial charge in [-0.2, -0.15) is 0 Å². The molecule has 0 bridgehead atoms. The van der Waals surface area contributed by atoms with Gasteiger partial charge in [0, 0.05) is 24.4 Å². The summed E-state index contributed by atoms with van der Waals surface area (Å²) >= 11 is 0. The van der Waals surface area contributed by atoms with Gasteiger partial charge >= 0.3 is 0 Å². The molecule has 0 spiro atoms. The molecule has 0 amide bonds. The monoisotopic (exact) mass is 281 g/mol. The topological polar surface area (TPSA) is 21.3 Å². The predicted molar refractivity (Wildman–Crippen MR) is 87.7 cm³/mol. The number of aryl methyl sites for hydroxylation is 1. The van der Waals surface area contributed by atoms with Crippen LogP contribution >= 0.6 is 0 Å². The first-order valence-corrected chi connectivity index (χ1v) is 7.67. The molecule has 0 atom stereocenters. The summed E-state index contributed by atoms with van der Waals surface area (Å²) in [5, 5.41) is 3.67. The summed E-state index contributed by atoms with van der Waals surface area (Å²) in [6, 6.07) is 17.8. The lowest BCUT2D eigenvalue weighted by Crippen LogP contribution is -2.34. The van der Waals surface area contributed by atoms with E-state index in [-0.39, 0.29) is 0 Å². The van der Waals surface area contributed by atoms with E-state index in [9.17, 15) is 0 Å². The molecule has 2 aromatic rings. The largest absolute Gasteiger partial charge is 0.382 e. The number of ether oxygens (including phenoxy) is 1. The van der Waals surface area contributed by atoms with Gasteiger partial charge in [-0.1, -0.05) is 42.5 Å². The quantitative estimate of drug-likeness (QED) is 0.871. The van der Waals surface area contributed by atoms with Gasteiger partial charge in [0.05, 0.1) is 6.61 Å². The van der Waals surface area contributed by atoms with E-state index >= 15 is 0 Å². The fraction of sp³-hybridized carbons (Fsp3) is 0.368. The SMILES string of the molecule is COCc1ccccc1NC1CC(c2ccccc2C)C1. The lowest BCUT2D eigenvalue weighted by atomic mass is 9.74. The summed E-state index contributed by atoms with van der Waals surface area (Å²) in [6.07, 6.45) is 2.43. The van der Waals surface area contributed by atoms with Crippen LogP contribution in [-0.4, -0.2) is 13.2 Å². The second-order valence-corrected chi connectivity index (χ2v) is 5.96. The van der Waals surface area contributed by atoms with Crippen LogP contribution in [0.1, 0.15) is 35.4 Å². The zero-order chi connectivity index (χ0) is 14.7. The van der Waals surface area contributed by atoms with Crippen molar-refractivity contribution in [2.75, 3.05) is 12.4 Å². The van der Waals surface area contributed by atoms with E-state index in [4.69, 9.17) is 4.74 Å². The van der Waals surface area contributed by atoms with E-state index in [1.807, 2.05) is 0 Å². The van der Waals surface area contributed by atoms with Crippen LogP contribution in [0.15, 0.2) is 48.5 Å². The first-order chi connectivity index (χ1) is 10.3. The van der Waals surface area contributed by atoms with E-state index in [0.29, 0.717) is 18.6 Å². The van der Waals surface area contributed by atoms with Crippen molar-refractivity contribution in [3.8, 4) is 0 Å². The molecular formula is C19H23NO. The second-order valence-electron chi connectivity index (χ2n) is 5.96. The highest BCUT2D eigenvalue weighted by molar-refractivity contribution is 5.52. The van der Waals surface area contributed by atoms with Crippen molar-refractivity contribution in [1.82, 2.24) is 0 Å². The Bertz CT molecular complexity index is 602. The summed E-state index contributed by atoms with van der Waals surface area (Å²) < 4.78 is 5.27. The molecule has 2 aromatic carbocycles. The molecule has 2 nitrogen and oxygen atoms in total. The Balaban J connectivity index is 1.62. The molecule has 2 heteroatoms. The average Bonchev–Trinajstić information content (AvgIpc) is 2.45. The number of nitrogens with one attached hydrogen (secondary N) is 1. The molecule has 0 saturated heterocycles. The Morgan fingerprint density at radius 2 is 1.76 bits per heavy atom. The van der Waals surface area contributed by atoms with Gasteiger partial charge in [0.1, 0.15) is 0 Å². The lowest BCUT2D eigenvalue weighted by molar-refractivity contribution is 0.185. The fourth-order valence-electron chi connectivity index (χ4n) is 3.20. The Hall–Kier alpha value is -1.80. The molecule has 110 valence electrons. The third-order valence-electron chi connectivity index (χ3n) is 4.44. The Labute approximate surface area is 127 Å². The van der Waals surface area contributed by atoms with Crippen LogP contribution in [0.5, 0.6) is 0 Å². The second kappa shape index (κ2) is 6.31. The first-order valence-electron chi connectivity index (χ1n) is 7.67. The zero-order valence-corrected chi connectivity index (χ0v) is 12.8. The van der Waals surface area contributed by atoms with Crippen LogP contribution in [0.25, 0.3) is 0 Å². The first kappa shape index (κ1) is 14.2. The van der Waals surface area contributed by atoms with Crippen molar-refractivity contribution in [3.05, 3.63) is 65.2 Å². The highest BCUT2D eigenvalue weighted by atomic mass is 16.5. The van der Waals surface area contributed by atoms with Gasteiger partial charge in [-0.15, -0.1) is 0 Å². The molecule has 3 rings (SSSR count). The molecule has 1 aliphatic rings. The molecule has 0 unspecified atom stereocenters. The van der Waals surface area contributed by atoms with E-state index in [1.54, 1.807) is 7.11 Å². The van der Waals surface area contributed by atoms with Gasteiger partial charge < -0.3 is 10.1 Å². The van der Waals surface area contributed by atoms with E-state index in [1.165, 1.54) is 35.2 Å². The van der Waals surface area contributed by atoms with Gasteiger partial charge in [0.25, 0.3) is 0 Å². The summed E-state index contributed by atoms with van der Waals surface area (Å²) in [7, 11) is 1.74. The number of anilines is 1. The summed E-state index contributed by atoms with van der Waals surface area (Å²) in [5.74, 6) is 0.707. The minimum Gasteiger partial charge on any atom is -0.382 e. The Kier molecular flexibility index (Phi) is 4.26. The standard InChI is InChI=1S/C19H23NO/c1-14-7-3-5-9-18(14)16-11-17(12-16)20-19-10-6-4-8-15(19)13-21-2/h3-10,16-17,20H,11-13H2,1-2H3. The predicted octanol–water partition coefficient (Wildman–Crippen LogP) is 4.50. The third kappa shape index (κ3) is 3.11. The number of hydrogen-bond donors (Lipinski definition) is 1. The van der Waals surface area contributed by atoms with Gasteiger partial charge in [0.2, 0.25) is 0 Å². The van der Waals surface area contributed by atoms with Crippen LogP contribution < -0.4 is 5.32 Å². The Morgan fingerprint density at radius 3 is 2.52 bits per heavy atom. The molecule has 1 aliphatic carbocycles. The Morgan fingerprint density at radius 1 is 1.05 bits per heavy atom. The number of benzene rings is 2. The molecular weight excluding hydrogens is 258 g/mol. The summed E-state index contributed by atoms with van der Waals surface area (Å²) in [5.41, 5.74) is 5.38. The average molecular weight is 281 g/mol.